The van der Waals surface area contributed by atoms with Gasteiger partial charge >= 0.3 is 0 Å². The Morgan fingerprint density at radius 3 is 2.53 bits per heavy atom. The number of aromatic nitrogens is 1. The van der Waals surface area contributed by atoms with Crippen molar-refractivity contribution in [1.29, 1.82) is 0 Å². The van der Waals surface area contributed by atoms with Gasteiger partial charge < -0.3 is 5.32 Å². The summed E-state index contributed by atoms with van der Waals surface area (Å²) >= 11 is 6.15. The maximum atomic E-state index is 13.5. The Morgan fingerprint density at radius 2 is 1.95 bits per heavy atom. The summed E-state index contributed by atoms with van der Waals surface area (Å²) in [4.78, 5) is 4.55. The molecule has 0 saturated carbocycles. The average Bonchev–Trinajstić information content (AvgIpc) is 2.26. The highest BCUT2D eigenvalue weighted by molar-refractivity contribution is 6.36. The zero-order valence-electron chi connectivity index (χ0n) is 11.6. The van der Waals surface area contributed by atoms with Gasteiger partial charge in [0.2, 0.25) is 0 Å². The first-order valence-corrected chi connectivity index (χ1v) is 6.75. The Hall–Kier alpha value is -1.35. The zero-order chi connectivity index (χ0) is 14.2. The van der Waals surface area contributed by atoms with Crippen molar-refractivity contribution in [2.24, 2.45) is 0 Å². The van der Waals surface area contributed by atoms with Crippen LogP contribution in [0.3, 0.4) is 0 Å². The highest BCUT2D eigenvalue weighted by atomic mass is 35.5. The number of rotatable bonds is 2. The SMILES string of the molecule is CCNc1cc(C(C)(C)C)nc2cc(F)cc(Cl)c12. The van der Waals surface area contributed by atoms with Gasteiger partial charge in [0.15, 0.2) is 0 Å². The van der Waals surface area contributed by atoms with Crippen LogP contribution in [0.2, 0.25) is 5.02 Å². The van der Waals surface area contributed by atoms with Crippen LogP contribution in [0, 0.1) is 5.82 Å². The van der Waals surface area contributed by atoms with Crippen LogP contribution in [0.1, 0.15) is 33.4 Å². The number of halogens is 2. The summed E-state index contributed by atoms with van der Waals surface area (Å²) in [5.41, 5.74) is 2.31. The second kappa shape index (κ2) is 4.97. The van der Waals surface area contributed by atoms with Gasteiger partial charge in [0.1, 0.15) is 5.82 Å². The van der Waals surface area contributed by atoms with Gasteiger partial charge in [0, 0.05) is 34.8 Å². The molecule has 1 aromatic heterocycles. The fourth-order valence-electron chi connectivity index (χ4n) is 2.00. The van der Waals surface area contributed by atoms with Crippen LogP contribution in [0.5, 0.6) is 0 Å². The number of nitrogens with one attached hydrogen (secondary N) is 1. The van der Waals surface area contributed by atoms with Crippen molar-refractivity contribution in [3.63, 3.8) is 0 Å². The van der Waals surface area contributed by atoms with Crippen LogP contribution in [0.15, 0.2) is 18.2 Å². The molecule has 0 aliphatic rings. The van der Waals surface area contributed by atoms with Crippen LogP contribution >= 0.6 is 11.6 Å². The van der Waals surface area contributed by atoms with Crippen molar-refractivity contribution in [2.45, 2.75) is 33.1 Å². The van der Waals surface area contributed by atoms with Gasteiger partial charge in [-0.15, -0.1) is 0 Å². The van der Waals surface area contributed by atoms with Crippen molar-refractivity contribution >= 4 is 28.2 Å². The predicted octanol–water partition coefficient (Wildman–Crippen LogP) is 4.76. The van der Waals surface area contributed by atoms with Crippen molar-refractivity contribution in [3.05, 3.63) is 34.7 Å². The molecule has 0 unspecified atom stereocenters. The second-order valence-electron chi connectivity index (χ2n) is 5.62. The Morgan fingerprint density at radius 1 is 1.26 bits per heavy atom. The molecule has 0 atom stereocenters. The highest BCUT2D eigenvalue weighted by Crippen LogP contribution is 2.34. The minimum absolute atomic E-state index is 0.100. The van der Waals surface area contributed by atoms with Gasteiger partial charge in [-0.2, -0.15) is 0 Å². The first-order chi connectivity index (χ1) is 8.82. The quantitative estimate of drug-likeness (QED) is 0.858. The van der Waals surface area contributed by atoms with E-state index < -0.39 is 0 Å². The maximum absolute atomic E-state index is 13.5. The third kappa shape index (κ3) is 2.81. The van der Waals surface area contributed by atoms with E-state index in [9.17, 15) is 4.39 Å². The third-order valence-electron chi connectivity index (χ3n) is 2.96. The lowest BCUT2D eigenvalue weighted by molar-refractivity contribution is 0.571. The van der Waals surface area contributed by atoms with Crippen molar-refractivity contribution < 1.29 is 4.39 Å². The van der Waals surface area contributed by atoms with E-state index in [1.807, 2.05) is 13.0 Å². The Labute approximate surface area is 118 Å². The van der Waals surface area contributed by atoms with Crippen molar-refractivity contribution in [1.82, 2.24) is 4.98 Å². The number of pyridine rings is 1. The number of anilines is 1. The lowest BCUT2D eigenvalue weighted by atomic mass is 9.90. The fraction of sp³-hybridized carbons (Fsp3) is 0.400. The van der Waals surface area contributed by atoms with Gasteiger partial charge in [0.05, 0.1) is 10.5 Å². The number of fused-ring (bicyclic) bond motifs is 1. The number of nitrogens with zero attached hydrogens (tertiary/aromatic N) is 1. The normalized spacial score (nSPS) is 11.9. The molecular weight excluding hydrogens is 263 g/mol. The molecule has 0 aliphatic heterocycles. The molecule has 19 heavy (non-hydrogen) atoms. The molecule has 102 valence electrons. The van der Waals surface area contributed by atoms with E-state index in [0.29, 0.717) is 10.5 Å². The standard InChI is InChI=1S/C15H18ClFN2/c1-5-18-11-8-13(15(2,3)4)19-12-7-9(17)6-10(16)14(11)12/h6-8H,5H2,1-4H3,(H,18,19). The lowest BCUT2D eigenvalue weighted by Crippen LogP contribution is -2.14. The zero-order valence-corrected chi connectivity index (χ0v) is 12.4. The monoisotopic (exact) mass is 280 g/mol. The third-order valence-corrected chi connectivity index (χ3v) is 3.26. The summed E-state index contributed by atoms with van der Waals surface area (Å²) in [5, 5.41) is 4.44. The molecule has 1 aromatic carbocycles. The largest absolute Gasteiger partial charge is 0.385 e. The molecule has 0 aliphatic carbocycles. The minimum atomic E-state index is -0.362. The van der Waals surface area contributed by atoms with Gasteiger partial charge in [-0.05, 0) is 19.1 Å². The Kier molecular flexibility index (Phi) is 3.68. The van der Waals surface area contributed by atoms with E-state index in [1.54, 1.807) is 0 Å². The van der Waals surface area contributed by atoms with E-state index in [-0.39, 0.29) is 11.2 Å². The molecule has 2 rings (SSSR count). The molecule has 4 heteroatoms. The van der Waals surface area contributed by atoms with E-state index in [2.05, 4.69) is 31.1 Å². The average molecular weight is 281 g/mol. The topological polar surface area (TPSA) is 24.9 Å². The number of benzene rings is 1. The summed E-state index contributed by atoms with van der Waals surface area (Å²) in [6.07, 6.45) is 0. The van der Waals surface area contributed by atoms with E-state index >= 15 is 0 Å². The van der Waals surface area contributed by atoms with E-state index in [1.165, 1.54) is 12.1 Å². The summed E-state index contributed by atoms with van der Waals surface area (Å²) in [7, 11) is 0. The lowest BCUT2D eigenvalue weighted by Gasteiger charge is -2.20. The second-order valence-corrected chi connectivity index (χ2v) is 6.02. The summed E-state index contributed by atoms with van der Waals surface area (Å²) in [6.45, 7) is 9.03. The van der Waals surface area contributed by atoms with E-state index in [4.69, 9.17) is 11.6 Å². The smallest absolute Gasteiger partial charge is 0.126 e. The molecule has 2 nitrogen and oxygen atoms in total. The first kappa shape index (κ1) is 14.1. The molecule has 0 saturated heterocycles. The molecule has 2 aromatic rings. The molecule has 1 N–H and O–H groups in total. The maximum Gasteiger partial charge on any atom is 0.126 e. The van der Waals surface area contributed by atoms with Crippen molar-refractivity contribution in [2.75, 3.05) is 11.9 Å². The summed E-state index contributed by atoms with van der Waals surface area (Å²) in [6, 6.07) is 4.75. The Bertz CT molecular complexity index is 618. The molecule has 0 radical (unpaired) electrons. The fourth-order valence-corrected chi connectivity index (χ4v) is 2.30. The molecule has 0 amide bonds. The van der Waals surface area contributed by atoms with Gasteiger partial charge in [-0.3, -0.25) is 4.98 Å². The molecule has 0 fully saturated rings. The van der Waals surface area contributed by atoms with Crippen LogP contribution < -0.4 is 5.32 Å². The summed E-state index contributed by atoms with van der Waals surface area (Å²) < 4.78 is 13.5. The first-order valence-electron chi connectivity index (χ1n) is 6.37. The number of hydrogen-bond acceptors (Lipinski definition) is 2. The molecule has 0 spiro atoms. The van der Waals surface area contributed by atoms with Crippen LogP contribution in [-0.2, 0) is 5.41 Å². The van der Waals surface area contributed by atoms with E-state index in [0.717, 1.165) is 23.3 Å². The van der Waals surface area contributed by atoms with Gasteiger partial charge in [-0.25, -0.2) is 4.39 Å². The highest BCUT2D eigenvalue weighted by Gasteiger charge is 2.19. The minimum Gasteiger partial charge on any atom is -0.385 e. The van der Waals surface area contributed by atoms with Crippen LogP contribution in [0.4, 0.5) is 10.1 Å². The van der Waals surface area contributed by atoms with Gasteiger partial charge in [0.25, 0.3) is 0 Å². The number of hydrogen-bond donors (Lipinski definition) is 1. The van der Waals surface area contributed by atoms with Crippen LogP contribution in [-0.4, -0.2) is 11.5 Å². The Balaban J connectivity index is 2.79. The van der Waals surface area contributed by atoms with Gasteiger partial charge in [-0.1, -0.05) is 32.4 Å². The molecule has 1 heterocycles. The summed E-state index contributed by atoms with van der Waals surface area (Å²) in [5.74, 6) is -0.362. The van der Waals surface area contributed by atoms with Crippen LogP contribution in [0.25, 0.3) is 10.9 Å². The predicted molar refractivity (Wildman–Crippen MR) is 79.6 cm³/mol. The van der Waals surface area contributed by atoms with Crippen molar-refractivity contribution in [3.8, 4) is 0 Å². The molecule has 0 bridgehead atoms. The molecular formula is C15H18ClFN2.